The number of hydrogen-bond acceptors (Lipinski definition) is 7. The number of hydrogen-bond donors (Lipinski definition) is 1. The van der Waals surface area contributed by atoms with Gasteiger partial charge in [0.05, 0.1) is 23.4 Å². The summed E-state index contributed by atoms with van der Waals surface area (Å²) in [5.74, 6) is 1.64. The molecule has 2 aromatic carbocycles. The van der Waals surface area contributed by atoms with Crippen molar-refractivity contribution in [1.29, 1.82) is 0 Å². The maximum atomic E-state index is 12.7. The van der Waals surface area contributed by atoms with Crippen molar-refractivity contribution in [2.24, 2.45) is 0 Å². The van der Waals surface area contributed by atoms with Crippen LogP contribution in [-0.2, 0) is 4.79 Å². The zero-order valence-electron chi connectivity index (χ0n) is 19.4. The zero-order chi connectivity index (χ0) is 23.9. The lowest BCUT2D eigenvalue weighted by atomic mass is 10.2. The molecule has 9 heteroatoms. The second-order valence-electron chi connectivity index (χ2n) is 7.37. The minimum Gasteiger partial charge on any atom is -0.497 e. The van der Waals surface area contributed by atoms with E-state index in [4.69, 9.17) is 4.74 Å². The van der Waals surface area contributed by atoms with Gasteiger partial charge in [0.2, 0.25) is 5.91 Å². The van der Waals surface area contributed by atoms with Gasteiger partial charge in [0.25, 0.3) is 0 Å². The van der Waals surface area contributed by atoms with Gasteiger partial charge in [-0.3, -0.25) is 9.36 Å². The van der Waals surface area contributed by atoms with E-state index in [1.807, 2.05) is 70.6 Å². The number of benzene rings is 2. The van der Waals surface area contributed by atoms with Crippen molar-refractivity contribution in [3.63, 3.8) is 0 Å². The van der Waals surface area contributed by atoms with E-state index >= 15 is 0 Å². The fourth-order valence-electron chi connectivity index (χ4n) is 3.56. The molecule has 0 unspecified atom stereocenters. The van der Waals surface area contributed by atoms with E-state index < -0.39 is 0 Å². The molecule has 0 bridgehead atoms. The molecule has 7 nitrogen and oxygen atoms in total. The van der Waals surface area contributed by atoms with Gasteiger partial charge in [-0.05, 0) is 73.8 Å². The van der Waals surface area contributed by atoms with Crippen molar-refractivity contribution >= 4 is 40.4 Å². The maximum absolute atomic E-state index is 12.7. The maximum Gasteiger partial charge on any atom is 0.234 e. The number of nitrogens with zero attached hydrogens (tertiary/aromatic N) is 4. The summed E-state index contributed by atoms with van der Waals surface area (Å²) in [7, 11) is 1.64. The molecule has 0 radical (unpaired) electrons. The molecule has 0 atom stereocenters. The quantitative estimate of drug-likeness (QED) is 0.291. The van der Waals surface area contributed by atoms with Gasteiger partial charge >= 0.3 is 0 Å². The van der Waals surface area contributed by atoms with Gasteiger partial charge in [-0.2, -0.15) is 0 Å². The van der Waals surface area contributed by atoms with Crippen molar-refractivity contribution in [2.75, 3.05) is 36.2 Å². The third kappa shape index (κ3) is 5.43. The summed E-state index contributed by atoms with van der Waals surface area (Å²) in [4.78, 5) is 15.9. The van der Waals surface area contributed by atoms with Crippen molar-refractivity contribution in [1.82, 2.24) is 14.8 Å². The SMILES string of the molecule is CCN(CC)c1ccc(NC(=O)CSc2nnc(-c3cccs3)n2-c2ccc(OC)cc2)cc1. The highest BCUT2D eigenvalue weighted by Gasteiger charge is 2.18. The van der Waals surface area contributed by atoms with Crippen LogP contribution in [0, 0.1) is 0 Å². The van der Waals surface area contributed by atoms with Crippen LogP contribution in [0.15, 0.2) is 71.2 Å². The summed E-state index contributed by atoms with van der Waals surface area (Å²) in [6.45, 7) is 6.15. The van der Waals surface area contributed by atoms with Gasteiger partial charge in [0, 0.05) is 24.5 Å². The first kappa shape index (κ1) is 23.8. The highest BCUT2D eigenvalue weighted by atomic mass is 32.2. The van der Waals surface area contributed by atoms with Crippen LogP contribution >= 0.6 is 23.1 Å². The third-order valence-corrected chi connectivity index (χ3v) is 7.11. The lowest BCUT2D eigenvalue weighted by Crippen LogP contribution is -2.21. The average Bonchev–Trinajstić information content (AvgIpc) is 3.55. The average molecular weight is 494 g/mol. The third-order valence-electron chi connectivity index (χ3n) is 5.32. The standard InChI is InChI=1S/C25H27N5O2S2/c1-4-29(5-2)19-10-8-18(9-11-19)26-23(31)17-34-25-28-27-24(22-7-6-16-33-22)30(25)20-12-14-21(32-3)15-13-20/h6-16H,4-5,17H2,1-3H3,(H,26,31). The van der Waals surface area contributed by atoms with Crippen LogP contribution in [-0.4, -0.2) is 46.6 Å². The van der Waals surface area contributed by atoms with Crippen LogP contribution in [0.25, 0.3) is 16.4 Å². The fourth-order valence-corrected chi connectivity index (χ4v) is 5.01. The number of amides is 1. The minimum atomic E-state index is -0.0949. The molecule has 4 aromatic rings. The van der Waals surface area contributed by atoms with Crippen molar-refractivity contribution in [3.05, 3.63) is 66.0 Å². The van der Waals surface area contributed by atoms with Gasteiger partial charge in [0.15, 0.2) is 11.0 Å². The molecule has 176 valence electrons. The Bertz CT molecular complexity index is 1200. The van der Waals surface area contributed by atoms with E-state index in [9.17, 15) is 4.79 Å². The Hall–Kier alpha value is -3.30. The van der Waals surface area contributed by atoms with Gasteiger partial charge in [-0.15, -0.1) is 21.5 Å². The van der Waals surface area contributed by atoms with Crippen LogP contribution < -0.4 is 15.0 Å². The van der Waals surface area contributed by atoms with Crippen molar-refractivity contribution in [3.8, 4) is 22.1 Å². The molecule has 2 aromatic heterocycles. The number of thioether (sulfide) groups is 1. The number of aromatic nitrogens is 3. The summed E-state index contributed by atoms with van der Waals surface area (Å²) in [5.41, 5.74) is 2.83. The smallest absolute Gasteiger partial charge is 0.234 e. The summed E-state index contributed by atoms with van der Waals surface area (Å²) in [5, 5.41) is 14.4. The van der Waals surface area contributed by atoms with Gasteiger partial charge in [-0.1, -0.05) is 17.8 Å². The highest BCUT2D eigenvalue weighted by molar-refractivity contribution is 7.99. The first-order chi connectivity index (χ1) is 16.6. The lowest BCUT2D eigenvalue weighted by molar-refractivity contribution is -0.113. The molecule has 0 saturated carbocycles. The fraction of sp³-hybridized carbons (Fsp3) is 0.240. The Morgan fingerprint density at radius 2 is 1.79 bits per heavy atom. The topological polar surface area (TPSA) is 72.3 Å². The molecular formula is C25H27N5O2S2. The van der Waals surface area contributed by atoms with Crippen LogP contribution in [0.5, 0.6) is 5.75 Å². The predicted octanol–water partition coefficient (Wildman–Crippen LogP) is 5.58. The normalized spacial score (nSPS) is 10.8. The molecule has 4 rings (SSSR count). The van der Waals surface area contributed by atoms with E-state index in [0.717, 1.165) is 46.6 Å². The first-order valence-corrected chi connectivity index (χ1v) is 12.9. The molecule has 1 amide bonds. The van der Waals surface area contributed by atoms with E-state index in [0.29, 0.717) is 5.16 Å². The second-order valence-corrected chi connectivity index (χ2v) is 9.26. The van der Waals surface area contributed by atoms with Crippen LogP contribution in [0.3, 0.4) is 0 Å². The van der Waals surface area contributed by atoms with Crippen LogP contribution in [0.4, 0.5) is 11.4 Å². The van der Waals surface area contributed by atoms with Gasteiger partial charge in [0.1, 0.15) is 5.75 Å². The van der Waals surface area contributed by atoms with E-state index in [-0.39, 0.29) is 11.7 Å². The summed E-state index contributed by atoms with van der Waals surface area (Å²) in [6, 6.07) is 19.6. The van der Waals surface area contributed by atoms with Crippen molar-refractivity contribution < 1.29 is 9.53 Å². The molecule has 34 heavy (non-hydrogen) atoms. The largest absolute Gasteiger partial charge is 0.497 e. The van der Waals surface area contributed by atoms with Crippen LogP contribution in [0.1, 0.15) is 13.8 Å². The first-order valence-electron chi connectivity index (χ1n) is 11.0. The Morgan fingerprint density at radius 3 is 2.41 bits per heavy atom. The number of carbonyl (C=O) groups is 1. The molecule has 2 heterocycles. The Kier molecular flexibility index (Phi) is 7.87. The number of nitrogens with one attached hydrogen (secondary N) is 1. The molecular weight excluding hydrogens is 466 g/mol. The molecule has 0 fully saturated rings. The number of rotatable bonds is 10. The Morgan fingerprint density at radius 1 is 1.06 bits per heavy atom. The van der Waals surface area contributed by atoms with Gasteiger partial charge < -0.3 is 15.0 Å². The molecule has 0 aliphatic rings. The molecule has 0 spiro atoms. The molecule has 0 aliphatic heterocycles. The molecule has 0 saturated heterocycles. The minimum absolute atomic E-state index is 0.0949. The lowest BCUT2D eigenvalue weighted by Gasteiger charge is -2.21. The molecule has 0 aliphatic carbocycles. The summed E-state index contributed by atoms with van der Waals surface area (Å²) < 4.78 is 7.26. The number of thiophene rings is 1. The molecule has 1 N–H and O–H groups in total. The monoisotopic (exact) mass is 493 g/mol. The van der Waals surface area contributed by atoms with Gasteiger partial charge in [-0.25, -0.2) is 0 Å². The summed E-state index contributed by atoms with van der Waals surface area (Å²) in [6.07, 6.45) is 0. The number of carbonyl (C=O) groups excluding carboxylic acids is 1. The number of methoxy groups -OCH3 is 1. The van der Waals surface area contributed by atoms with E-state index in [1.54, 1.807) is 18.4 Å². The van der Waals surface area contributed by atoms with Crippen molar-refractivity contribution in [2.45, 2.75) is 19.0 Å². The van der Waals surface area contributed by atoms with E-state index in [2.05, 4.69) is 34.3 Å². The van der Waals surface area contributed by atoms with Crippen LogP contribution in [0.2, 0.25) is 0 Å². The number of ether oxygens (including phenoxy) is 1. The zero-order valence-corrected chi connectivity index (χ0v) is 21.0. The summed E-state index contributed by atoms with van der Waals surface area (Å²) >= 11 is 2.95. The Labute approximate surface area is 207 Å². The number of anilines is 2. The second kappa shape index (κ2) is 11.2. The Balaban J connectivity index is 1.48. The predicted molar refractivity (Wildman–Crippen MR) is 141 cm³/mol. The highest BCUT2D eigenvalue weighted by Crippen LogP contribution is 2.31. The van der Waals surface area contributed by atoms with E-state index in [1.165, 1.54) is 11.8 Å².